The van der Waals surface area contributed by atoms with E-state index in [-0.39, 0.29) is 0 Å². The van der Waals surface area contributed by atoms with Crippen molar-refractivity contribution in [1.82, 2.24) is 14.8 Å². The molecule has 0 spiro atoms. The summed E-state index contributed by atoms with van der Waals surface area (Å²) in [7, 11) is -1.55. The second-order valence-electron chi connectivity index (χ2n) is 4.50. The summed E-state index contributed by atoms with van der Waals surface area (Å²) in [4.78, 5) is 3.88. The van der Waals surface area contributed by atoms with Crippen molar-refractivity contribution in [2.24, 2.45) is 0 Å². The highest BCUT2D eigenvalue weighted by atomic mass is 16.5. The number of hydrogen-bond donors (Lipinski definition) is 2. The predicted octanol–water partition coefficient (Wildman–Crippen LogP) is 0.118. The summed E-state index contributed by atoms with van der Waals surface area (Å²) in [5.74, 6) is 0.477. The molecule has 2 rings (SSSR count). The monoisotopic (exact) mass is 261 g/mol. The Labute approximate surface area is 111 Å². The van der Waals surface area contributed by atoms with Crippen molar-refractivity contribution < 1.29 is 14.8 Å². The SMILES string of the molecule is CC(C)n1ccc(COc2cncc(B(O)O)c2)n1. The van der Waals surface area contributed by atoms with E-state index in [4.69, 9.17) is 14.8 Å². The van der Waals surface area contributed by atoms with E-state index in [0.717, 1.165) is 5.69 Å². The molecule has 0 bridgehead atoms. The molecule has 0 radical (unpaired) electrons. The molecule has 0 aliphatic heterocycles. The lowest BCUT2D eigenvalue weighted by molar-refractivity contribution is 0.297. The summed E-state index contributed by atoms with van der Waals surface area (Å²) in [6.45, 7) is 4.41. The largest absolute Gasteiger partial charge is 0.490 e. The summed E-state index contributed by atoms with van der Waals surface area (Å²) in [6.07, 6.45) is 4.80. The van der Waals surface area contributed by atoms with Crippen LogP contribution in [0.5, 0.6) is 5.75 Å². The van der Waals surface area contributed by atoms with Gasteiger partial charge < -0.3 is 14.8 Å². The van der Waals surface area contributed by atoms with Crippen LogP contribution in [0.4, 0.5) is 0 Å². The first-order valence-electron chi connectivity index (χ1n) is 6.04. The zero-order chi connectivity index (χ0) is 13.8. The Kier molecular flexibility index (Phi) is 4.18. The van der Waals surface area contributed by atoms with Gasteiger partial charge in [-0.3, -0.25) is 9.67 Å². The first-order chi connectivity index (χ1) is 9.06. The molecule has 19 heavy (non-hydrogen) atoms. The van der Waals surface area contributed by atoms with Gasteiger partial charge in [-0.15, -0.1) is 0 Å². The van der Waals surface area contributed by atoms with Gasteiger partial charge in [-0.25, -0.2) is 0 Å². The van der Waals surface area contributed by atoms with Crippen LogP contribution in [0.25, 0.3) is 0 Å². The molecule has 0 unspecified atom stereocenters. The van der Waals surface area contributed by atoms with E-state index in [9.17, 15) is 0 Å². The Morgan fingerprint density at radius 3 is 2.79 bits per heavy atom. The second-order valence-corrected chi connectivity index (χ2v) is 4.50. The van der Waals surface area contributed by atoms with Gasteiger partial charge in [0.05, 0.1) is 11.9 Å². The van der Waals surface area contributed by atoms with Gasteiger partial charge in [-0.05, 0) is 26.0 Å². The Bertz CT molecular complexity index is 543. The lowest BCUT2D eigenvalue weighted by atomic mass is 9.82. The number of hydrogen-bond acceptors (Lipinski definition) is 5. The molecule has 2 N–H and O–H groups in total. The fraction of sp³-hybridized carbons (Fsp3) is 0.333. The van der Waals surface area contributed by atoms with Crippen LogP contribution in [0.2, 0.25) is 0 Å². The van der Waals surface area contributed by atoms with Gasteiger partial charge in [0.1, 0.15) is 12.4 Å². The highest BCUT2D eigenvalue weighted by Crippen LogP contribution is 2.10. The smallest absolute Gasteiger partial charge is 0.486 e. The number of nitrogens with zero attached hydrogens (tertiary/aromatic N) is 3. The van der Waals surface area contributed by atoms with Crippen LogP contribution in [0, 0.1) is 0 Å². The molecule has 0 saturated heterocycles. The topological polar surface area (TPSA) is 80.4 Å². The molecule has 0 aliphatic carbocycles. The van der Waals surface area contributed by atoms with E-state index in [2.05, 4.69) is 10.1 Å². The number of rotatable bonds is 5. The summed E-state index contributed by atoms with van der Waals surface area (Å²) in [5, 5.41) is 22.4. The van der Waals surface area contributed by atoms with Crippen LogP contribution < -0.4 is 10.2 Å². The lowest BCUT2D eigenvalue weighted by Gasteiger charge is -2.06. The Hall–Kier alpha value is -1.86. The molecule has 0 aromatic carbocycles. The average Bonchev–Trinajstić information content (AvgIpc) is 2.85. The molecular formula is C12H16BN3O3. The number of ether oxygens (including phenoxy) is 1. The molecule has 2 aromatic heterocycles. The van der Waals surface area contributed by atoms with E-state index >= 15 is 0 Å². The third-order valence-electron chi connectivity index (χ3n) is 2.61. The maximum Gasteiger partial charge on any atom is 0.490 e. The molecule has 100 valence electrons. The minimum atomic E-state index is -1.55. The van der Waals surface area contributed by atoms with Gasteiger partial charge in [-0.1, -0.05) is 0 Å². The predicted molar refractivity (Wildman–Crippen MR) is 71.0 cm³/mol. The third-order valence-corrected chi connectivity index (χ3v) is 2.61. The van der Waals surface area contributed by atoms with Gasteiger partial charge in [0.2, 0.25) is 0 Å². The van der Waals surface area contributed by atoms with Gasteiger partial charge in [0, 0.05) is 23.9 Å². The molecular weight excluding hydrogens is 245 g/mol. The molecule has 7 heteroatoms. The number of pyridine rings is 1. The first kappa shape index (κ1) is 13.6. The van der Waals surface area contributed by atoms with Gasteiger partial charge >= 0.3 is 7.12 Å². The van der Waals surface area contributed by atoms with Crippen LogP contribution in [-0.4, -0.2) is 31.9 Å². The van der Waals surface area contributed by atoms with E-state index < -0.39 is 7.12 Å². The van der Waals surface area contributed by atoms with Crippen molar-refractivity contribution in [2.45, 2.75) is 26.5 Å². The van der Waals surface area contributed by atoms with Crippen LogP contribution in [0.3, 0.4) is 0 Å². The fourth-order valence-electron chi connectivity index (χ4n) is 1.55. The minimum absolute atomic E-state index is 0.296. The van der Waals surface area contributed by atoms with E-state index in [1.165, 1.54) is 18.5 Å². The summed E-state index contributed by atoms with van der Waals surface area (Å²) in [6, 6.07) is 3.73. The van der Waals surface area contributed by atoms with Crippen molar-refractivity contribution in [3.05, 3.63) is 36.4 Å². The van der Waals surface area contributed by atoms with Crippen LogP contribution in [-0.2, 0) is 6.61 Å². The second kappa shape index (κ2) is 5.86. The summed E-state index contributed by atoms with van der Waals surface area (Å²) >= 11 is 0. The quantitative estimate of drug-likeness (QED) is 0.747. The maximum absolute atomic E-state index is 9.04. The zero-order valence-corrected chi connectivity index (χ0v) is 10.9. The van der Waals surface area contributed by atoms with Gasteiger partial charge in [0.25, 0.3) is 0 Å². The van der Waals surface area contributed by atoms with Gasteiger partial charge in [0.15, 0.2) is 0 Å². The van der Waals surface area contributed by atoms with E-state index in [0.29, 0.717) is 23.9 Å². The molecule has 6 nitrogen and oxygen atoms in total. The maximum atomic E-state index is 9.04. The van der Waals surface area contributed by atoms with Crippen molar-refractivity contribution in [3.63, 3.8) is 0 Å². The standard InChI is InChI=1S/C12H16BN3O3/c1-9(2)16-4-3-11(15-16)8-19-12-5-10(13(17)18)6-14-7-12/h3-7,9,17-18H,8H2,1-2H3. The molecule has 2 aromatic rings. The molecule has 0 fully saturated rings. The van der Waals surface area contributed by atoms with Crippen molar-refractivity contribution in [2.75, 3.05) is 0 Å². The Morgan fingerprint density at radius 2 is 2.16 bits per heavy atom. The van der Waals surface area contributed by atoms with Gasteiger partial charge in [-0.2, -0.15) is 5.10 Å². The minimum Gasteiger partial charge on any atom is -0.486 e. The zero-order valence-electron chi connectivity index (χ0n) is 10.9. The average molecular weight is 261 g/mol. The lowest BCUT2D eigenvalue weighted by Crippen LogP contribution is -2.30. The fourth-order valence-corrected chi connectivity index (χ4v) is 1.55. The Morgan fingerprint density at radius 1 is 1.37 bits per heavy atom. The third kappa shape index (κ3) is 3.55. The normalized spacial score (nSPS) is 10.8. The molecule has 2 heterocycles. The van der Waals surface area contributed by atoms with Crippen molar-refractivity contribution in [1.29, 1.82) is 0 Å². The van der Waals surface area contributed by atoms with E-state index in [1.54, 1.807) is 0 Å². The Balaban J connectivity index is 1.99. The van der Waals surface area contributed by atoms with Crippen LogP contribution in [0.15, 0.2) is 30.7 Å². The van der Waals surface area contributed by atoms with E-state index in [1.807, 2.05) is 30.8 Å². The first-order valence-corrected chi connectivity index (χ1v) is 6.04. The summed E-state index contributed by atoms with van der Waals surface area (Å²) < 4.78 is 7.37. The van der Waals surface area contributed by atoms with Crippen LogP contribution in [0.1, 0.15) is 25.6 Å². The number of aromatic nitrogens is 3. The molecule has 0 amide bonds. The van der Waals surface area contributed by atoms with Crippen LogP contribution >= 0.6 is 0 Å². The van der Waals surface area contributed by atoms with Crippen molar-refractivity contribution >= 4 is 12.6 Å². The highest BCUT2D eigenvalue weighted by Gasteiger charge is 2.12. The summed E-state index contributed by atoms with van der Waals surface area (Å²) in [5.41, 5.74) is 1.11. The molecule has 0 aliphatic rings. The highest BCUT2D eigenvalue weighted by molar-refractivity contribution is 6.58. The van der Waals surface area contributed by atoms with Crippen molar-refractivity contribution in [3.8, 4) is 5.75 Å². The molecule has 0 saturated carbocycles. The molecule has 0 atom stereocenters.